The van der Waals surface area contributed by atoms with Gasteiger partial charge in [-0.1, -0.05) is 29.3 Å². The highest BCUT2D eigenvalue weighted by molar-refractivity contribution is 6.38. The van der Waals surface area contributed by atoms with Crippen LogP contribution in [0.3, 0.4) is 0 Å². The number of rotatable bonds is 1. The quantitative estimate of drug-likeness (QED) is 0.463. The topological polar surface area (TPSA) is 25.8 Å². The molecule has 106 valence electrons. The van der Waals surface area contributed by atoms with Crippen molar-refractivity contribution in [1.29, 1.82) is 0 Å². The lowest BCUT2D eigenvalue weighted by atomic mass is 10.1. The molecule has 2 nitrogen and oxygen atoms in total. The minimum atomic E-state index is -1.55. The van der Waals surface area contributed by atoms with Crippen molar-refractivity contribution in [2.75, 3.05) is 0 Å². The van der Waals surface area contributed by atoms with Gasteiger partial charge in [0.2, 0.25) is 0 Å². The van der Waals surface area contributed by atoms with Crippen molar-refractivity contribution in [2.24, 2.45) is 0 Å². The monoisotopic (exact) mass is 328 g/mol. The van der Waals surface area contributed by atoms with Gasteiger partial charge in [-0.05, 0) is 24.3 Å². The fraction of sp³-hybridized carbons (Fsp3) is 0. The van der Waals surface area contributed by atoms with Gasteiger partial charge in [0.25, 0.3) is 0 Å². The number of hydrogen-bond acceptors (Lipinski definition) is 2. The Bertz CT molecular complexity index is 845. The zero-order valence-corrected chi connectivity index (χ0v) is 11.7. The predicted octanol–water partition coefficient (Wildman–Crippen LogP) is 5.02. The van der Waals surface area contributed by atoms with E-state index in [1.54, 1.807) is 18.2 Å². The lowest BCUT2D eigenvalue weighted by molar-refractivity contribution is 0.447. The minimum absolute atomic E-state index is 0.0323. The van der Waals surface area contributed by atoms with Crippen molar-refractivity contribution < 1.29 is 13.2 Å². The van der Waals surface area contributed by atoms with Crippen LogP contribution in [0.2, 0.25) is 10.2 Å². The van der Waals surface area contributed by atoms with Crippen molar-refractivity contribution in [2.45, 2.75) is 0 Å². The number of hydrogen-bond donors (Lipinski definition) is 0. The molecular weight excluding hydrogens is 324 g/mol. The molecule has 1 aromatic heterocycles. The Labute approximate surface area is 127 Å². The summed E-state index contributed by atoms with van der Waals surface area (Å²) in [5, 5.41) is 0.916. The van der Waals surface area contributed by atoms with Crippen LogP contribution in [0.15, 0.2) is 30.3 Å². The third-order valence-corrected chi connectivity index (χ3v) is 3.47. The van der Waals surface area contributed by atoms with Gasteiger partial charge in [-0.2, -0.15) is 0 Å². The molecule has 0 bridgehead atoms. The highest BCUT2D eigenvalue weighted by Gasteiger charge is 2.15. The van der Waals surface area contributed by atoms with Gasteiger partial charge in [-0.3, -0.25) is 0 Å². The summed E-state index contributed by atoms with van der Waals surface area (Å²) < 4.78 is 39.6. The van der Waals surface area contributed by atoms with Crippen molar-refractivity contribution in [1.82, 2.24) is 9.97 Å². The summed E-state index contributed by atoms with van der Waals surface area (Å²) in [6.45, 7) is 0. The Balaban J connectivity index is 2.29. The molecule has 0 saturated carbocycles. The van der Waals surface area contributed by atoms with Crippen LogP contribution in [0.1, 0.15) is 0 Å². The summed E-state index contributed by atoms with van der Waals surface area (Å²) in [6.07, 6.45) is 0. The number of nitrogens with zero attached hydrogens (tertiary/aromatic N) is 2. The first-order chi connectivity index (χ1) is 9.97. The van der Waals surface area contributed by atoms with Crippen molar-refractivity contribution in [3.8, 4) is 11.4 Å². The van der Waals surface area contributed by atoms with Gasteiger partial charge in [-0.15, -0.1) is 0 Å². The van der Waals surface area contributed by atoms with E-state index in [0.717, 1.165) is 12.1 Å². The first-order valence-corrected chi connectivity index (χ1v) is 6.49. The minimum Gasteiger partial charge on any atom is -0.226 e. The lowest BCUT2D eigenvalue weighted by Crippen LogP contribution is -1.96. The Morgan fingerprint density at radius 2 is 1.57 bits per heavy atom. The van der Waals surface area contributed by atoms with E-state index in [2.05, 4.69) is 9.97 Å². The summed E-state index contributed by atoms with van der Waals surface area (Å²) in [4.78, 5) is 8.10. The Hall–Kier alpha value is -1.85. The molecule has 0 aliphatic carbocycles. The van der Waals surface area contributed by atoms with Gasteiger partial charge in [0.15, 0.2) is 23.3 Å². The maximum Gasteiger partial charge on any atom is 0.194 e. The van der Waals surface area contributed by atoms with Crippen LogP contribution in [0, 0.1) is 17.5 Å². The second-order valence-corrected chi connectivity index (χ2v) is 4.99. The maximum absolute atomic E-state index is 13.3. The number of aromatic nitrogens is 2. The highest BCUT2D eigenvalue weighted by atomic mass is 35.5. The molecule has 0 spiro atoms. The Kier molecular flexibility index (Phi) is 3.47. The van der Waals surface area contributed by atoms with E-state index in [4.69, 9.17) is 23.2 Å². The van der Waals surface area contributed by atoms with Crippen molar-refractivity contribution in [3.63, 3.8) is 0 Å². The zero-order valence-electron chi connectivity index (χ0n) is 10.2. The molecule has 0 aliphatic rings. The second kappa shape index (κ2) is 5.16. The molecule has 0 fully saturated rings. The van der Waals surface area contributed by atoms with Crippen molar-refractivity contribution in [3.05, 3.63) is 58.0 Å². The third kappa shape index (κ3) is 2.43. The van der Waals surface area contributed by atoms with E-state index >= 15 is 0 Å². The maximum atomic E-state index is 13.3. The lowest BCUT2D eigenvalue weighted by Gasteiger charge is -2.06. The zero-order chi connectivity index (χ0) is 15.1. The fourth-order valence-electron chi connectivity index (χ4n) is 1.89. The molecule has 7 heteroatoms. The van der Waals surface area contributed by atoms with Crippen LogP contribution in [-0.4, -0.2) is 9.97 Å². The van der Waals surface area contributed by atoms with Gasteiger partial charge in [0, 0.05) is 10.9 Å². The molecule has 0 aliphatic heterocycles. The van der Waals surface area contributed by atoms with E-state index in [0.29, 0.717) is 15.9 Å². The Morgan fingerprint density at radius 1 is 0.905 bits per heavy atom. The molecule has 21 heavy (non-hydrogen) atoms. The van der Waals surface area contributed by atoms with Crippen LogP contribution < -0.4 is 0 Å². The van der Waals surface area contributed by atoms with Crippen molar-refractivity contribution >= 4 is 34.1 Å². The Morgan fingerprint density at radius 3 is 2.24 bits per heavy atom. The highest BCUT2D eigenvalue weighted by Crippen LogP contribution is 2.30. The first-order valence-electron chi connectivity index (χ1n) is 5.74. The van der Waals surface area contributed by atoms with E-state index in [1.807, 2.05) is 0 Å². The smallest absolute Gasteiger partial charge is 0.194 e. The van der Waals surface area contributed by atoms with E-state index in [9.17, 15) is 13.2 Å². The molecule has 0 saturated heterocycles. The summed E-state index contributed by atoms with van der Waals surface area (Å²) in [5.74, 6) is -4.25. The second-order valence-electron chi connectivity index (χ2n) is 4.23. The molecule has 0 unspecified atom stereocenters. The van der Waals surface area contributed by atoms with Crippen LogP contribution in [0.5, 0.6) is 0 Å². The van der Waals surface area contributed by atoms with Crippen LogP contribution in [0.4, 0.5) is 13.2 Å². The van der Waals surface area contributed by atoms with Gasteiger partial charge < -0.3 is 0 Å². The molecule has 0 amide bonds. The first kappa shape index (κ1) is 14.1. The molecule has 3 aromatic rings. The van der Waals surface area contributed by atoms with Gasteiger partial charge >= 0.3 is 0 Å². The van der Waals surface area contributed by atoms with Crippen LogP contribution in [-0.2, 0) is 0 Å². The number of benzene rings is 2. The summed E-state index contributed by atoms with van der Waals surface area (Å²) >= 11 is 12.0. The molecule has 3 rings (SSSR count). The van der Waals surface area contributed by atoms with E-state index in [-0.39, 0.29) is 16.5 Å². The third-order valence-electron chi connectivity index (χ3n) is 2.87. The predicted molar refractivity (Wildman–Crippen MR) is 74.9 cm³/mol. The van der Waals surface area contributed by atoms with Gasteiger partial charge in [0.1, 0.15) is 5.15 Å². The van der Waals surface area contributed by atoms with Gasteiger partial charge in [-0.25, -0.2) is 23.1 Å². The van der Waals surface area contributed by atoms with Gasteiger partial charge in [0.05, 0.1) is 10.5 Å². The van der Waals surface area contributed by atoms with E-state index < -0.39 is 17.5 Å². The number of para-hydroxylation sites is 1. The molecule has 1 heterocycles. The summed E-state index contributed by atoms with van der Waals surface area (Å²) in [5.41, 5.74) is 0.314. The summed E-state index contributed by atoms with van der Waals surface area (Å²) in [7, 11) is 0. The standard InChI is InChI=1S/C14H5Cl2F3N2/c15-8-3-1-2-7-12(8)20-14(21-13(7)16)6-4-9(17)11(19)10(18)5-6/h1-5H. The number of halogens is 5. The molecule has 0 N–H and O–H groups in total. The van der Waals surface area contributed by atoms with Crippen LogP contribution >= 0.6 is 23.2 Å². The largest absolute Gasteiger partial charge is 0.226 e. The average Bonchev–Trinajstić information content (AvgIpc) is 2.45. The summed E-state index contributed by atoms with van der Waals surface area (Å²) in [6, 6.07) is 6.54. The molecule has 2 aromatic carbocycles. The average molecular weight is 329 g/mol. The molecule has 0 atom stereocenters. The normalized spacial score (nSPS) is 11.1. The van der Waals surface area contributed by atoms with Crippen LogP contribution in [0.25, 0.3) is 22.3 Å². The fourth-order valence-corrected chi connectivity index (χ4v) is 2.34. The van der Waals surface area contributed by atoms with E-state index in [1.165, 1.54) is 0 Å². The number of fused-ring (bicyclic) bond motifs is 1. The SMILES string of the molecule is Fc1cc(-c2nc(Cl)c3cccc(Cl)c3n2)cc(F)c1F. The molecular formula is C14H5Cl2F3N2. The molecule has 0 radical (unpaired) electrons.